The first-order valence-electron chi connectivity index (χ1n) is 9.96. The smallest absolute Gasteiger partial charge is 0.260 e. The second-order valence-electron chi connectivity index (χ2n) is 7.56. The van der Waals surface area contributed by atoms with Crippen molar-refractivity contribution < 1.29 is 4.79 Å². The molecule has 7 heteroatoms. The maximum absolute atomic E-state index is 12.8. The zero-order chi connectivity index (χ0) is 22.1. The molecule has 0 aliphatic heterocycles. The van der Waals surface area contributed by atoms with E-state index in [2.05, 4.69) is 15.3 Å². The molecule has 31 heavy (non-hydrogen) atoms. The lowest BCUT2D eigenvalue weighted by Gasteiger charge is -2.14. The first-order valence-corrected chi connectivity index (χ1v) is 11.7. The van der Waals surface area contributed by atoms with E-state index in [0.29, 0.717) is 15.4 Å². The molecule has 1 unspecified atom stereocenters. The van der Waals surface area contributed by atoms with E-state index < -0.39 is 5.25 Å². The quantitative estimate of drug-likeness (QED) is 0.303. The Hall–Kier alpha value is -2.90. The average Bonchev–Trinajstić information content (AvgIpc) is 3.16. The van der Waals surface area contributed by atoms with Crippen molar-refractivity contribution in [1.82, 2.24) is 9.97 Å². The standard InChI is InChI=1S/C24H23N3O2S2/c1-13-8-10-17(11-9-13)18-12-30-23-20(18)22(29)26-24(27-23)31-16(4)21(28)25-19-7-5-6-14(2)15(19)3/h5-12,16H,1-4H3,(H,25,28)(H,26,27,29). The van der Waals surface area contributed by atoms with Crippen LogP contribution in [0.3, 0.4) is 0 Å². The molecule has 2 aromatic carbocycles. The van der Waals surface area contributed by atoms with Crippen molar-refractivity contribution in [2.45, 2.75) is 38.1 Å². The van der Waals surface area contributed by atoms with Crippen LogP contribution >= 0.6 is 23.1 Å². The molecular weight excluding hydrogens is 426 g/mol. The van der Waals surface area contributed by atoms with E-state index in [1.807, 2.05) is 75.5 Å². The highest BCUT2D eigenvalue weighted by atomic mass is 32.2. The average molecular weight is 450 g/mol. The molecule has 0 saturated carbocycles. The van der Waals surface area contributed by atoms with Crippen LogP contribution in [0, 0.1) is 20.8 Å². The van der Waals surface area contributed by atoms with E-state index in [0.717, 1.165) is 27.9 Å². The summed E-state index contributed by atoms with van der Waals surface area (Å²) in [5.41, 5.74) is 5.82. The van der Waals surface area contributed by atoms with Crippen LogP contribution in [0.2, 0.25) is 0 Å². The molecule has 5 nitrogen and oxygen atoms in total. The molecular formula is C24H23N3O2S2. The number of amides is 1. The van der Waals surface area contributed by atoms with Gasteiger partial charge < -0.3 is 10.3 Å². The highest BCUT2D eigenvalue weighted by Crippen LogP contribution is 2.32. The summed E-state index contributed by atoms with van der Waals surface area (Å²) in [7, 11) is 0. The summed E-state index contributed by atoms with van der Waals surface area (Å²) < 4.78 is 0. The molecule has 0 saturated heterocycles. The van der Waals surface area contributed by atoms with Crippen LogP contribution in [-0.2, 0) is 4.79 Å². The van der Waals surface area contributed by atoms with Crippen LogP contribution < -0.4 is 10.9 Å². The molecule has 0 aliphatic carbocycles. The monoisotopic (exact) mass is 449 g/mol. The number of H-pyrrole nitrogens is 1. The van der Waals surface area contributed by atoms with Crippen LogP contribution in [-0.4, -0.2) is 21.1 Å². The number of thiophene rings is 1. The van der Waals surface area contributed by atoms with Crippen molar-refractivity contribution in [2.24, 2.45) is 0 Å². The molecule has 4 aromatic rings. The van der Waals surface area contributed by atoms with Crippen molar-refractivity contribution in [1.29, 1.82) is 0 Å². The molecule has 0 spiro atoms. The van der Waals surface area contributed by atoms with Gasteiger partial charge in [0.1, 0.15) is 4.83 Å². The first-order chi connectivity index (χ1) is 14.8. The Balaban J connectivity index is 1.56. The minimum Gasteiger partial charge on any atom is -0.325 e. The summed E-state index contributed by atoms with van der Waals surface area (Å²) in [6, 6.07) is 13.9. The Labute approximate surface area is 188 Å². The summed E-state index contributed by atoms with van der Waals surface area (Å²) in [6.07, 6.45) is 0. The number of aryl methyl sites for hydroxylation is 2. The number of thioether (sulfide) groups is 1. The van der Waals surface area contributed by atoms with E-state index in [1.165, 1.54) is 28.7 Å². The molecule has 0 fully saturated rings. The number of aromatic amines is 1. The topological polar surface area (TPSA) is 74.8 Å². The van der Waals surface area contributed by atoms with Gasteiger partial charge in [0, 0.05) is 16.6 Å². The second-order valence-corrected chi connectivity index (χ2v) is 9.75. The van der Waals surface area contributed by atoms with Crippen molar-refractivity contribution in [2.75, 3.05) is 5.32 Å². The number of carbonyl (C=O) groups excluding carboxylic acids is 1. The van der Waals surface area contributed by atoms with Gasteiger partial charge in [0.2, 0.25) is 5.91 Å². The van der Waals surface area contributed by atoms with Gasteiger partial charge in [-0.2, -0.15) is 0 Å². The molecule has 1 atom stereocenters. The van der Waals surface area contributed by atoms with E-state index in [4.69, 9.17) is 0 Å². The molecule has 0 radical (unpaired) electrons. The third kappa shape index (κ3) is 4.43. The molecule has 2 heterocycles. The van der Waals surface area contributed by atoms with Gasteiger partial charge in [-0.15, -0.1) is 11.3 Å². The SMILES string of the molecule is Cc1ccc(-c2csc3nc(SC(C)C(=O)Nc4cccc(C)c4C)[nH]c(=O)c23)cc1. The van der Waals surface area contributed by atoms with E-state index in [9.17, 15) is 9.59 Å². The molecule has 0 aliphatic rings. The van der Waals surface area contributed by atoms with Crippen LogP contribution in [0.5, 0.6) is 0 Å². The molecule has 2 N–H and O–H groups in total. The summed E-state index contributed by atoms with van der Waals surface area (Å²) in [5.74, 6) is -0.132. The van der Waals surface area contributed by atoms with Crippen molar-refractivity contribution in [3.8, 4) is 11.1 Å². The maximum atomic E-state index is 12.8. The van der Waals surface area contributed by atoms with Crippen LogP contribution in [0.15, 0.2) is 57.8 Å². The number of benzene rings is 2. The number of anilines is 1. The summed E-state index contributed by atoms with van der Waals surface area (Å²) >= 11 is 2.68. The first kappa shape index (κ1) is 21.3. The summed E-state index contributed by atoms with van der Waals surface area (Å²) in [4.78, 5) is 33.7. The molecule has 158 valence electrons. The molecule has 0 bridgehead atoms. The summed E-state index contributed by atoms with van der Waals surface area (Å²) in [6.45, 7) is 7.84. The third-order valence-corrected chi connectivity index (χ3v) is 7.16. The minimum atomic E-state index is -0.419. The number of carbonyl (C=O) groups is 1. The Morgan fingerprint density at radius 1 is 1.13 bits per heavy atom. The van der Waals surface area contributed by atoms with Gasteiger partial charge in [0.25, 0.3) is 5.56 Å². The maximum Gasteiger partial charge on any atom is 0.260 e. The lowest BCUT2D eigenvalue weighted by atomic mass is 10.1. The molecule has 4 rings (SSSR count). The van der Waals surface area contributed by atoms with Gasteiger partial charge in [-0.05, 0) is 50.5 Å². The van der Waals surface area contributed by atoms with Gasteiger partial charge in [0.15, 0.2) is 5.16 Å². The highest BCUT2D eigenvalue weighted by Gasteiger charge is 2.19. The van der Waals surface area contributed by atoms with E-state index >= 15 is 0 Å². The van der Waals surface area contributed by atoms with Gasteiger partial charge in [-0.1, -0.05) is 53.7 Å². The number of rotatable bonds is 5. The second kappa shape index (κ2) is 8.69. The van der Waals surface area contributed by atoms with Crippen molar-refractivity contribution in [3.63, 3.8) is 0 Å². The van der Waals surface area contributed by atoms with Crippen LogP contribution in [0.25, 0.3) is 21.3 Å². The number of hydrogen-bond acceptors (Lipinski definition) is 5. The van der Waals surface area contributed by atoms with Crippen molar-refractivity contribution >= 4 is 44.9 Å². The van der Waals surface area contributed by atoms with Gasteiger partial charge in [-0.25, -0.2) is 4.98 Å². The number of nitrogens with one attached hydrogen (secondary N) is 2. The Morgan fingerprint density at radius 2 is 1.87 bits per heavy atom. The van der Waals surface area contributed by atoms with Gasteiger partial charge in [0.05, 0.1) is 10.6 Å². The zero-order valence-electron chi connectivity index (χ0n) is 17.8. The fraction of sp³-hybridized carbons (Fsp3) is 0.208. The lowest BCUT2D eigenvalue weighted by Crippen LogP contribution is -2.23. The Morgan fingerprint density at radius 3 is 2.61 bits per heavy atom. The van der Waals surface area contributed by atoms with Crippen LogP contribution in [0.1, 0.15) is 23.6 Å². The highest BCUT2D eigenvalue weighted by molar-refractivity contribution is 8.00. The number of nitrogens with zero attached hydrogens (tertiary/aromatic N) is 1. The normalized spacial score (nSPS) is 12.1. The van der Waals surface area contributed by atoms with E-state index in [-0.39, 0.29) is 11.5 Å². The summed E-state index contributed by atoms with van der Waals surface area (Å²) in [5, 5.41) is 5.55. The van der Waals surface area contributed by atoms with Gasteiger partial charge >= 0.3 is 0 Å². The number of aromatic nitrogens is 2. The largest absolute Gasteiger partial charge is 0.325 e. The fourth-order valence-electron chi connectivity index (χ4n) is 3.27. The Bertz CT molecular complexity index is 1320. The lowest BCUT2D eigenvalue weighted by molar-refractivity contribution is -0.115. The van der Waals surface area contributed by atoms with Crippen molar-refractivity contribution in [3.05, 3.63) is 74.9 Å². The zero-order valence-corrected chi connectivity index (χ0v) is 19.4. The third-order valence-electron chi connectivity index (χ3n) is 5.30. The molecule has 2 aromatic heterocycles. The number of hydrogen-bond donors (Lipinski definition) is 2. The fourth-order valence-corrected chi connectivity index (χ4v) is 5.07. The predicted molar refractivity (Wildman–Crippen MR) is 130 cm³/mol. The van der Waals surface area contributed by atoms with Crippen LogP contribution in [0.4, 0.5) is 5.69 Å². The molecule has 1 amide bonds. The van der Waals surface area contributed by atoms with Gasteiger partial charge in [-0.3, -0.25) is 9.59 Å². The minimum absolute atomic E-state index is 0.132. The Kier molecular flexibility index (Phi) is 5.98. The predicted octanol–water partition coefficient (Wildman–Crippen LogP) is 5.70. The number of fused-ring (bicyclic) bond motifs is 1. The van der Waals surface area contributed by atoms with E-state index in [1.54, 1.807) is 0 Å².